The van der Waals surface area contributed by atoms with E-state index in [2.05, 4.69) is 10.3 Å². The van der Waals surface area contributed by atoms with Gasteiger partial charge in [0.25, 0.3) is 0 Å². The van der Waals surface area contributed by atoms with E-state index in [4.69, 9.17) is 9.47 Å². The Morgan fingerprint density at radius 2 is 2.11 bits per heavy atom. The summed E-state index contributed by atoms with van der Waals surface area (Å²) in [4.78, 5) is 19.4. The van der Waals surface area contributed by atoms with Gasteiger partial charge >= 0.3 is 6.03 Å². The van der Waals surface area contributed by atoms with Crippen molar-refractivity contribution in [3.63, 3.8) is 0 Å². The van der Waals surface area contributed by atoms with Gasteiger partial charge in [0.1, 0.15) is 6.61 Å². The van der Waals surface area contributed by atoms with Gasteiger partial charge in [0.2, 0.25) is 0 Å². The van der Waals surface area contributed by atoms with Gasteiger partial charge in [-0.15, -0.1) is 11.3 Å². The molecule has 2 aromatic heterocycles. The lowest BCUT2D eigenvalue weighted by molar-refractivity contribution is 0.212. The molecule has 0 bridgehead atoms. The number of thiophene rings is 1. The molecule has 2 heterocycles. The molecular formula is C21H23N3O3S. The molecule has 0 aliphatic heterocycles. The summed E-state index contributed by atoms with van der Waals surface area (Å²) < 4.78 is 11.3. The number of rotatable bonds is 8. The van der Waals surface area contributed by atoms with Crippen LogP contribution in [-0.2, 0) is 13.2 Å². The zero-order valence-electron chi connectivity index (χ0n) is 15.9. The number of aromatic nitrogens is 1. The number of ether oxygens (including phenoxy) is 2. The minimum atomic E-state index is -0.174. The second kappa shape index (κ2) is 9.75. The van der Waals surface area contributed by atoms with E-state index < -0.39 is 0 Å². The fourth-order valence-electron chi connectivity index (χ4n) is 2.66. The summed E-state index contributed by atoms with van der Waals surface area (Å²) in [6.07, 6.45) is 3.29. The highest BCUT2D eigenvalue weighted by molar-refractivity contribution is 7.09. The number of nitrogens with zero attached hydrogens (tertiary/aromatic N) is 2. The van der Waals surface area contributed by atoms with Crippen LogP contribution in [-0.4, -0.2) is 29.6 Å². The first-order valence-electron chi connectivity index (χ1n) is 8.97. The fourth-order valence-corrected chi connectivity index (χ4v) is 3.28. The third-order valence-electron chi connectivity index (χ3n) is 4.13. The van der Waals surface area contributed by atoms with Crippen LogP contribution in [0.4, 0.5) is 10.5 Å². The number of carbonyl (C=O) groups excluding carboxylic acids is 1. The van der Waals surface area contributed by atoms with E-state index in [1.165, 1.54) is 0 Å². The maximum Gasteiger partial charge on any atom is 0.322 e. The summed E-state index contributed by atoms with van der Waals surface area (Å²) >= 11 is 1.65. The molecule has 7 heteroatoms. The lowest BCUT2D eigenvalue weighted by atomic mass is 10.2. The Morgan fingerprint density at radius 1 is 1.21 bits per heavy atom. The van der Waals surface area contributed by atoms with E-state index in [0.29, 0.717) is 36.9 Å². The highest BCUT2D eigenvalue weighted by atomic mass is 32.1. The van der Waals surface area contributed by atoms with E-state index in [-0.39, 0.29) is 6.03 Å². The van der Waals surface area contributed by atoms with Gasteiger partial charge in [0.15, 0.2) is 11.5 Å². The molecule has 0 aliphatic carbocycles. The summed E-state index contributed by atoms with van der Waals surface area (Å²) in [5.74, 6) is 1.33. The summed E-state index contributed by atoms with van der Waals surface area (Å²) in [5, 5.41) is 4.88. The van der Waals surface area contributed by atoms with Crippen molar-refractivity contribution >= 4 is 23.1 Å². The molecule has 28 heavy (non-hydrogen) atoms. The van der Waals surface area contributed by atoms with Crippen LogP contribution in [0, 0.1) is 0 Å². The van der Waals surface area contributed by atoms with Crippen molar-refractivity contribution in [1.82, 2.24) is 9.88 Å². The molecule has 6 nitrogen and oxygen atoms in total. The number of pyridine rings is 1. The number of amides is 2. The highest BCUT2D eigenvalue weighted by Crippen LogP contribution is 2.29. The summed E-state index contributed by atoms with van der Waals surface area (Å²) in [5.41, 5.74) is 1.63. The molecule has 0 unspecified atom stereocenters. The van der Waals surface area contributed by atoms with Gasteiger partial charge < -0.3 is 19.7 Å². The van der Waals surface area contributed by atoms with E-state index in [9.17, 15) is 4.79 Å². The van der Waals surface area contributed by atoms with Gasteiger partial charge in [-0.3, -0.25) is 4.98 Å². The van der Waals surface area contributed by atoms with Crippen LogP contribution in [0.1, 0.15) is 17.4 Å². The molecular weight excluding hydrogens is 374 g/mol. The first-order valence-corrected chi connectivity index (χ1v) is 9.85. The number of methoxy groups -OCH3 is 1. The average Bonchev–Trinajstić information content (AvgIpc) is 3.25. The molecule has 0 saturated heterocycles. The molecule has 2 amide bonds. The minimum absolute atomic E-state index is 0.174. The van der Waals surface area contributed by atoms with Crippen molar-refractivity contribution in [2.24, 2.45) is 0 Å². The molecule has 0 fully saturated rings. The first kappa shape index (κ1) is 19.7. The summed E-state index contributed by atoms with van der Waals surface area (Å²) in [6.45, 7) is 3.48. The van der Waals surface area contributed by atoms with Crippen LogP contribution < -0.4 is 14.8 Å². The predicted octanol–water partition coefficient (Wildman–Crippen LogP) is 4.78. The van der Waals surface area contributed by atoms with Gasteiger partial charge in [-0.25, -0.2) is 4.79 Å². The number of anilines is 1. The first-order chi connectivity index (χ1) is 13.7. The van der Waals surface area contributed by atoms with E-state index in [1.807, 2.05) is 48.7 Å². The van der Waals surface area contributed by atoms with Crippen molar-refractivity contribution < 1.29 is 14.3 Å². The molecule has 0 aliphatic rings. The van der Waals surface area contributed by atoms with Crippen molar-refractivity contribution in [2.45, 2.75) is 20.1 Å². The average molecular weight is 398 g/mol. The Labute approximate surface area is 168 Å². The summed E-state index contributed by atoms with van der Waals surface area (Å²) in [7, 11) is 1.61. The molecule has 3 rings (SSSR count). The van der Waals surface area contributed by atoms with Crippen LogP contribution in [0.3, 0.4) is 0 Å². The second-order valence-corrected chi connectivity index (χ2v) is 7.07. The number of carbonyl (C=O) groups is 1. The molecule has 1 aromatic carbocycles. The van der Waals surface area contributed by atoms with Crippen molar-refractivity contribution in [3.8, 4) is 11.5 Å². The zero-order chi connectivity index (χ0) is 19.8. The quantitative estimate of drug-likeness (QED) is 0.594. The smallest absolute Gasteiger partial charge is 0.322 e. The van der Waals surface area contributed by atoms with Gasteiger partial charge in [-0.2, -0.15) is 0 Å². The van der Waals surface area contributed by atoms with Crippen LogP contribution in [0.2, 0.25) is 0 Å². The maximum absolute atomic E-state index is 12.5. The number of urea groups is 1. The standard InChI is InChI=1S/C21H23N3O3S/c1-3-24(21(25)23-17-6-4-10-22-13-17)14-16-8-9-19(20(12-16)26-2)27-15-18-7-5-11-28-18/h4-13H,3,14-15H2,1-2H3,(H,23,25). The fraction of sp³-hybridized carbons (Fsp3) is 0.238. The van der Waals surface area contributed by atoms with Crippen molar-refractivity contribution in [3.05, 3.63) is 70.7 Å². The number of hydrogen-bond acceptors (Lipinski definition) is 5. The second-order valence-electron chi connectivity index (χ2n) is 6.04. The zero-order valence-corrected chi connectivity index (χ0v) is 16.7. The van der Waals surface area contributed by atoms with Crippen LogP contribution >= 0.6 is 11.3 Å². The Morgan fingerprint density at radius 3 is 2.79 bits per heavy atom. The molecule has 3 aromatic rings. The Hall–Kier alpha value is -3.06. The normalized spacial score (nSPS) is 10.4. The molecule has 146 valence electrons. The Bertz CT molecular complexity index is 885. The van der Waals surface area contributed by atoms with Crippen molar-refractivity contribution in [1.29, 1.82) is 0 Å². The summed E-state index contributed by atoms with van der Waals surface area (Å²) in [6, 6.07) is 13.2. The van der Waals surface area contributed by atoms with Crippen LogP contribution in [0.15, 0.2) is 60.2 Å². The highest BCUT2D eigenvalue weighted by Gasteiger charge is 2.14. The van der Waals surface area contributed by atoms with Crippen molar-refractivity contribution in [2.75, 3.05) is 19.0 Å². The van der Waals surface area contributed by atoms with Gasteiger partial charge in [-0.1, -0.05) is 12.1 Å². The lowest BCUT2D eigenvalue weighted by Gasteiger charge is -2.22. The minimum Gasteiger partial charge on any atom is -0.493 e. The molecule has 0 spiro atoms. The van der Waals surface area contributed by atoms with Gasteiger partial charge in [0, 0.05) is 24.2 Å². The van der Waals surface area contributed by atoms with Crippen LogP contribution in [0.25, 0.3) is 0 Å². The number of benzene rings is 1. The van der Waals surface area contributed by atoms with Crippen LogP contribution in [0.5, 0.6) is 11.5 Å². The van der Waals surface area contributed by atoms with Gasteiger partial charge in [-0.05, 0) is 48.2 Å². The Balaban J connectivity index is 1.65. The molecule has 0 radical (unpaired) electrons. The van der Waals surface area contributed by atoms with E-state index in [1.54, 1.807) is 41.8 Å². The predicted molar refractivity (Wildman–Crippen MR) is 111 cm³/mol. The lowest BCUT2D eigenvalue weighted by Crippen LogP contribution is -2.34. The molecule has 1 N–H and O–H groups in total. The third kappa shape index (κ3) is 5.23. The largest absolute Gasteiger partial charge is 0.493 e. The third-order valence-corrected chi connectivity index (χ3v) is 4.98. The number of hydrogen-bond donors (Lipinski definition) is 1. The van der Waals surface area contributed by atoms with Gasteiger partial charge in [0.05, 0.1) is 19.0 Å². The SMILES string of the molecule is CCN(Cc1ccc(OCc2cccs2)c(OC)c1)C(=O)Nc1cccnc1. The van der Waals surface area contributed by atoms with E-state index in [0.717, 1.165) is 10.4 Å². The molecule has 0 atom stereocenters. The monoisotopic (exact) mass is 397 g/mol. The maximum atomic E-state index is 12.5. The molecule has 0 saturated carbocycles. The Kier molecular flexibility index (Phi) is 6.86. The topological polar surface area (TPSA) is 63.7 Å². The van der Waals surface area contributed by atoms with E-state index >= 15 is 0 Å². The number of nitrogens with one attached hydrogen (secondary N) is 1.